The monoisotopic (exact) mass is 392 g/mol. The molecular weight excluding hydrogens is 336 g/mol. The molecule has 0 N–H and O–H groups in total. The Bertz CT molecular complexity index is 357. The summed E-state index contributed by atoms with van der Waals surface area (Å²) in [6, 6.07) is 0. The molecule has 168 valence electrons. The molecule has 0 nitrogen and oxygen atoms in total. The summed E-state index contributed by atoms with van der Waals surface area (Å²) < 4.78 is 0. The van der Waals surface area contributed by atoms with Crippen molar-refractivity contribution in [2.24, 2.45) is 41.4 Å². The molecule has 0 heteroatoms. The number of hydrogen-bond donors (Lipinski definition) is 0. The second kappa shape index (κ2) is 16.5. The minimum absolute atomic E-state index is 0.844. The predicted molar refractivity (Wildman–Crippen MR) is 131 cm³/mol. The third kappa shape index (κ3) is 11.1. The summed E-state index contributed by atoms with van der Waals surface area (Å²) in [7, 11) is 0. The molecule has 0 aromatic carbocycles. The van der Waals surface area contributed by atoms with Gasteiger partial charge in [0.15, 0.2) is 0 Å². The van der Waals surface area contributed by atoms with Gasteiger partial charge in [0.2, 0.25) is 0 Å². The van der Waals surface area contributed by atoms with Crippen molar-refractivity contribution in [1.29, 1.82) is 0 Å². The molecule has 0 radical (unpaired) electrons. The summed E-state index contributed by atoms with van der Waals surface area (Å²) in [6.07, 6.45) is 19.0. The summed E-state index contributed by atoms with van der Waals surface area (Å²) in [5.74, 6) is 7.13. The van der Waals surface area contributed by atoms with Gasteiger partial charge >= 0.3 is 0 Å². The average molecular weight is 393 g/mol. The molecule has 3 fully saturated rings. The molecule has 5 unspecified atom stereocenters. The number of hydrogen-bond acceptors (Lipinski definition) is 0. The lowest BCUT2D eigenvalue weighted by molar-refractivity contribution is 0.242. The van der Waals surface area contributed by atoms with Crippen molar-refractivity contribution in [3.63, 3.8) is 0 Å². The smallest absolute Gasteiger partial charge is 0.0322 e. The Morgan fingerprint density at radius 2 is 1.36 bits per heavy atom. The minimum atomic E-state index is 0.844. The molecule has 28 heavy (non-hydrogen) atoms. The van der Waals surface area contributed by atoms with Gasteiger partial charge in [-0.05, 0) is 61.2 Å². The van der Waals surface area contributed by atoms with Gasteiger partial charge in [-0.3, -0.25) is 0 Å². The van der Waals surface area contributed by atoms with Gasteiger partial charge in [-0.15, -0.1) is 0 Å². The van der Waals surface area contributed by atoms with E-state index in [2.05, 4.69) is 60.6 Å². The zero-order valence-electron chi connectivity index (χ0n) is 21.3. The molecule has 3 saturated carbocycles. The predicted octanol–water partition coefficient (Wildman–Crippen LogP) is 9.94. The lowest BCUT2D eigenvalue weighted by Crippen LogP contribution is -2.18. The van der Waals surface area contributed by atoms with Crippen molar-refractivity contribution >= 4 is 0 Å². The average Bonchev–Trinajstić information content (AvgIpc) is 3.35. The van der Waals surface area contributed by atoms with Crippen LogP contribution in [0.1, 0.15) is 127 Å². The SMILES string of the molecule is C/C=C/CC(C)C(CC)C(C)CC.CC.CC1CC1C1CCC1.CC1CCC1. The fourth-order valence-electron chi connectivity index (χ4n) is 4.68. The second-order valence-electron chi connectivity index (χ2n) is 9.84. The van der Waals surface area contributed by atoms with Crippen LogP contribution in [0.3, 0.4) is 0 Å². The summed E-state index contributed by atoms with van der Waals surface area (Å²) in [5, 5.41) is 0. The van der Waals surface area contributed by atoms with E-state index in [0.717, 1.165) is 29.6 Å². The van der Waals surface area contributed by atoms with Gasteiger partial charge in [-0.1, -0.05) is 119 Å². The van der Waals surface area contributed by atoms with Crippen LogP contribution in [0.15, 0.2) is 12.2 Å². The van der Waals surface area contributed by atoms with E-state index in [9.17, 15) is 0 Å². The van der Waals surface area contributed by atoms with Crippen LogP contribution in [-0.4, -0.2) is 0 Å². The quantitative estimate of drug-likeness (QED) is 0.378. The lowest BCUT2D eigenvalue weighted by atomic mass is 9.79. The molecule has 0 spiro atoms. The van der Waals surface area contributed by atoms with Crippen molar-refractivity contribution in [2.75, 3.05) is 0 Å². The molecule has 0 heterocycles. The maximum Gasteiger partial charge on any atom is -0.0322 e. The van der Waals surface area contributed by atoms with E-state index in [1.807, 2.05) is 13.8 Å². The Hall–Kier alpha value is -0.260. The van der Waals surface area contributed by atoms with Crippen LogP contribution in [0, 0.1) is 41.4 Å². The molecule has 5 atom stereocenters. The van der Waals surface area contributed by atoms with E-state index >= 15 is 0 Å². The maximum atomic E-state index is 2.39. The highest BCUT2D eigenvalue weighted by Crippen LogP contribution is 2.51. The Balaban J connectivity index is 0.000000407. The normalized spacial score (nSPS) is 26.8. The molecular formula is C28H56. The maximum absolute atomic E-state index is 2.39. The number of allylic oxidation sites excluding steroid dienone is 2. The Morgan fingerprint density at radius 1 is 0.857 bits per heavy atom. The minimum Gasteiger partial charge on any atom is -0.0917 e. The third-order valence-electron chi connectivity index (χ3n) is 7.64. The van der Waals surface area contributed by atoms with Crippen LogP contribution in [0.4, 0.5) is 0 Å². The summed E-state index contributed by atoms with van der Waals surface area (Å²) in [4.78, 5) is 0. The summed E-state index contributed by atoms with van der Waals surface area (Å²) in [5.41, 5.74) is 0. The van der Waals surface area contributed by atoms with Crippen LogP contribution in [0.25, 0.3) is 0 Å². The highest BCUT2D eigenvalue weighted by Gasteiger charge is 2.41. The topological polar surface area (TPSA) is 0 Å². The van der Waals surface area contributed by atoms with Gasteiger partial charge in [0.05, 0.1) is 0 Å². The van der Waals surface area contributed by atoms with Gasteiger partial charge in [-0.25, -0.2) is 0 Å². The Labute approximate surface area is 180 Å². The van der Waals surface area contributed by atoms with Gasteiger partial charge in [0, 0.05) is 0 Å². The molecule has 0 aliphatic heterocycles. The summed E-state index contributed by atoms with van der Waals surface area (Å²) >= 11 is 0. The fourth-order valence-corrected chi connectivity index (χ4v) is 4.68. The first kappa shape index (κ1) is 27.7. The van der Waals surface area contributed by atoms with E-state index in [1.165, 1.54) is 56.8 Å². The van der Waals surface area contributed by atoms with Gasteiger partial charge in [-0.2, -0.15) is 0 Å². The van der Waals surface area contributed by atoms with E-state index in [0.29, 0.717) is 0 Å². The fraction of sp³-hybridized carbons (Fsp3) is 0.929. The van der Waals surface area contributed by atoms with Crippen molar-refractivity contribution in [3.05, 3.63) is 12.2 Å². The molecule has 0 amide bonds. The Morgan fingerprint density at radius 3 is 1.57 bits per heavy atom. The molecule has 3 rings (SSSR count). The Kier molecular flexibility index (Phi) is 16.4. The zero-order valence-corrected chi connectivity index (χ0v) is 21.3. The first-order valence-corrected chi connectivity index (χ1v) is 13.1. The summed E-state index contributed by atoms with van der Waals surface area (Å²) in [6.45, 7) is 20.2. The molecule has 0 aromatic heterocycles. The first-order chi connectivity index (χ1) is 13.4. The standard InChI is InChI=1S/C13H26.C8H14.C5H10.C2H6/c1-6-9-10-12(5)13(8-3)11(4)7-2;1-6-5-8(6)7-3-2-4-7;1-5-3-2-4-5;1-2/h6,9,11-13H,7-8,10H2,1-5H3;6-8H,2-5H2,1H3;5H,2-4H2,1H3;1-2H3/b9-6+;;;. The van der Waals surface area contributed by atoms with Crippen molar-refractivity contribution in [2.45, 2.75) is 127 Å². The number of rotatable bonds is 7. The van der Waals surface area contributed by atoms with E-state index < -0.39 is 0 Å². The lowest BCUT2D eigenvalue weighted by Gasteiger charge is -2.27. The van der Waals surface area contributed by atoms with Crippen LogP contribution >= 0.6 is 0 Å². The van der Waals surface area contributed by atoms with Gasteiger partial charge in [0.25, 0.3) is 0 Å². The molecule has 3 aliphatic rings. The van der Waals surface area contributed by atoms with E-state index in [4.69, 9.17) is 0 Å². The van der Waals surface area contributed by atoms with Crippen molar-refractivity contribution in [3.8, 4) is 0 Å². The van der Waals surface area contributed by atoms with Crippen LogP contribution in [0.2, 0.25) is 0 Å². The highest BCUT2D eigenvalue weighted by molar-refractivity contribution is 4.91. The van der Waals surface area contributed by atoms with E-state index in [-0.39, 0.29) is 0 Å². The van der Waals surface area contributed by atoms with Crippen LogP contribution < -0.4 is 0 Å². The highest BCUT2D eigenvalue weighted by atomic mass is 14.5. The third-order valence-corrected chi connectivity index (χ3v) is 7.64. The van der Waals surface area contributed by atoms with Crippen molar-refractivity contribution in [1.82, 2.24) is 0 Å². The molecule has 0 bridgehead atoms. The zero-order chi connectivity index (χ0) is 21.5. The first-order valence-electron chi connectivity index (χ1n) is 13.1. The van der Waals surface area contributed by atoms with Crippen LogP contribution in [0.5, 0.6) is 0 Å². The second-order valence-corrected chi connectivity index (χ2v) is 9.84. The largest absolute Gasteiger partial charge is 0.0917 e. The van der Waals surface area contributed by atoms with Gasteiger partial charge < -0.3 is 0 Å². The van der Waals surface area contributed by atoms with Gasteiger partial charge in [0.1, 0.15) is 0 Å². The molecule has 3 aliphatic carbocycles. The van der Waals surface area contributed by atoms with E-state index in [1.54, 1.807) is 19.3 Å². The van der Waals surface area contributed by atoms with Crippen molar-refractivity contribution < 1.29 is 0 Å². The molecule has 0 aromatic rings. The molecule has 0 saturated heterocycles. The van der Waals surface area contributed by atoms with Crippen LogP contribution in [-0.2, 0) is 0 Å².